The van der Waals surface area contributed by atoms with E-state index in [0.29, 0.717) is 39.0 Å². The number of hydrogen-bond acceptors (Lipinski definition) is 3. The zero-order chi connectivity index (χ0) is 18.7. The van der Waals surface area contributed by atoms with Crippen LogP contribution in [-0.4, -0.2) is 58.3 Å². The van der Waals surface area contributed by atoms with Crippen molar-refractivity contribution in [3.8, 4) is 0 Å². The van der Waals surface area contributed by atoms with Crippen LogP contribution in [0, 0.1) is 0 Å². The van der Waals surface area contributed by atoms with Crippen molar-refractivity contribution in [2.45, 2.75) is 38.6 Å². The van der Waals surface area contributed by atoms with Crippen molar-refractivity contribution in [1.29, 1.82) is 0 Å². The Morgan fingerprint density at radius 1 is 1.15 bits per heavy atom. The molecule has 1 unspecified atom stereocenters. The molecule has 7 heteroatoms. The summed E-state index contributed by atoms with van der Waals surface area (Å²) in [4.78, 5) is 32.1. The number of para-hydroxylation sites is 1. The predicted octanol–water partition coefficient (Wildman–Crippen LogP) is 2.32. The first-order valence-electron chi connectivity index (χ1n) is 9.33. The summed E-state index contributed by atoms with van der Waals surface area (Å²) in [5.74, 6) is 0.0917. The number of nitrogens with zero attached hydrogens (tertiary/aromatic N) is 2. The first kappa shape index (κ1) is 21.3. The average Bonchev–Trinajstić information content (AvgIpc) is 3.04. The Balaban J connectivity index is 0.00000261. The third-order valence-corrected chi connectivity index (χ3v) is 5.19. The van der Waals surface area contributed by atoms with E-state index in [1.165, 1.54) is 0 Å². The van der Waals surface area contributed by atoms with Gasteiger partial charge in [-0.2, -0.15) is 0 Å². The van der Waals surface area contributed by atoms with E-state index in [0.717, 1.165) is 22.9 Å². The number of benzene rings is 1. The number of nitrogens with two attached hydrogens (primary N) is 1. The molecule has 2 aromatic rings. The molecule has 0 bridgehead atoms. The number of carbonyl (C=O) groups excluding carboxylic acids is 2. The molecular formula is C20H29ClN4O2. The van der Waals surface area contributed by atoms with Crippen LogP contribution in [0.15, 0.2) is 30.5 Å². The second kappa shape index (κ2) is 8.76. The van der Waals surface area contributed by atoms with E-state index >= 15 is 0 Å². The van der Waals surface area contributed by atoms with E-state index in [4.69, 9.17) is 5.73 Å². The first-order valence-corrected chi connectivity index (χ1v) is 9.33. The molecule has 148 valence electrons. The summed E-state index contributed by atoms with van der Waals surface area (Å²) >= 11 is 0. The van der Waals surface area contributed by atoms with Crippen LogP contribution in [0.4, 0.5) is 0 Å². The lowest BCUT2D eigenvalue weighted by molar-refractivity contribution is -0.142. The number of fused-ring (bicyclic) bond motifs is 1. The van der Waals surface area contributed by atoms with Crippen LogP contribution in [0.1, 0.15) is 32.3 Å². The van der Waals surface area contributed by atoms with E-state index in [1.807, 2.05) is 42.3 Å². The van der Waals surface area contributed by atoms with Crippen LogP contribution in [0.2, 0.25) is 0 Å². The summed E-state index contributed by atoms with van der Waals surface area (Å²) in [6, 6.07) is 7.99. The van der Waals surface area contributed by atoms with E-state index in [1.54, 1.807) is 11.8 Å². The van der Waals surface area contributed by atoms with Crippen LogP contribution >= 0.6 is 12.4 Å². The highest BCUT2D eigenvalue weighted by Crippen LogP contribution is 2.20. The maximum absolute atomic E-state index is 12.7. The standard InChI is InChI=1S/C20H28N4O2.ClH/c1-3-8-20(2,21)19(26)24-11-9-23(10-12-24)18(25)13-15-14-22-17-7-5-4-6-16(15)17;/h4-7,14,22H,3,8-13,21H2,1-2H3;1H. The highest BCUT2D eigenvalue weighted by molar-refractivity contribution is 5.89. The molecule has 27 heavy (non-hydrogen) atoms. The fourth-order valence-corrected chi connectivity index (χ4v) is 3.70. The molecule has 2 amide bonds. The quantitative estimate of drug-likeness (QED) is 0.819. The third-order valence-electron chi connectivity index (χ3n) is 5.19. The average molecular weight is 393 g/mol. The number of nitrogens with one attached hydrogen (secondary N) is 1. The molecule has 3 N–H and O–H groups in total. The molecule has 1 fully saturated rings. The van der Waals surface area contributed by atoms with Gasteiger partial charge in [0.25, 0.3) is 0 Å². The molecule has 1 aliphatic rings. The fourth-order valence-electron chi connectivity index (χ4n) is 3.70. The van der Waals surface area contributed by atoms with E-state index in [-0.39, 0.29) is 24.2 Å². The third kappa shape index (κ3) is 4.62. The number of rotatable bonds is 5. The summed E-state index contributed by atoms with van der Waals surface area (Å²) in [5, 5.41) is 1.09. The molecular weight excluding hydrogens is 364 g/mol. The van der Waals surface area contributed by atoms with Crippen LogP contribution in [0.5, 0.6) is 0 Å². The zero-order valence-corrected chi connectivity index (χ0v) is 16.8. The predicted molar refractivity (Wildman–Crippen MR) is 110 cm³/mol. The van der Waals surface area contributed by atoms with Gasteiger partial charge >= 0.3 is 0 Å². The fraction of sp³-hybridized carbons (Fsp3) is 0.500. The van der Waals surface area contributed by atoms with Gasteiger partial charge < -0.3 is 20.5 Å². The van der Waals surface area contributed by atoms with Crippen molar-refractivity contribution in [2.75, 3.05) is 26.2 Å². The number of aromatic amines is 1. The zero-order valence-electron chi connectivity index (χ0n) is 16.0. The SMILES string of the molecule is CCCC(C)(N)C(=O)N1CCN(C(=O)Cc2c[nH]c3ccccc23)CC1.Cl. The molecule has 0 spiro atoms. The van der Waals surface area contributed by atoms with Crippen molar-refractivity contribution >= 4 is 35.1 Å². The topological polar surface area (TPSA) is 82.4 Å². The van der Waals surface area contributed by atoms with E-state index in [2.05, 4.69) is 4.98 Å². The van der Waals surface area contributed by atoms with Gasteiger partial charge in [-0.15, -0.1) is 12.4 Å². The summed E-state index contributed by atoms with van der Waals surface area (Å²) in [6.45, 7) is 6.06. The van der Waals surface area contributed by atoms with Gasteiger partial charge in [-0.05, 0) is 25.0 Å². The molecule has 0 radical (unpaired) electrons. The lowest BCUT2D eigenvalue weighted by Gasteiger charge is -2.38. The molecule has 2 heterocycles. The van der Waals surface area contributed by atoms with Gasteiger partial charge in [0.1, 0.15) is 0 Å². The lowest BCUT2D eigenvalue weighted by Crippen LogP contribution is -2.58. The summed E-state index contributed by atoms with van der Waals surface area (Å²) in [6.07, 6.45) is 3.84. The van der Waals surface area contributed by atoms with Crippen molar-refractivity contribution in [2.24, 2.45) is 5.73 Å². The second-order valence-electron chi connectivity index (χ2n) is 7.38. The Bertz CT molecular complexity index is 794. The number of hydrogen-bond donors (Lipinski definition) is 2. The molecule has 1 aromatic carbocycles. The Morgan fingerprint density at radius 3 is 2.44 bits per heavy atom. The molecule has 0 saturated carbocycles. The molecule has 1 aliphatic heterocycles. The number of halogens is 1. The first-order chi connectivity index (χ1) is 12.4. The number of amides is 2. The van der Waals surface area contributed by atoms with Gasteiger partial charge in [0, 0.05) is 43.3 Å². The summed E-state index contributed by atoms with van der Waals surface area (Å²) < 4.78 is 0. The van der Waals surface area contributed by atoms with Crippen molar-refractivity contribution in [3.63, 3.8) is 0 Å². The van der Waals surface area contributed by atoms with Crippen LogP contribution in [-0.2, 0) is 16.0 Å². The monoisotopic (exact) mass is 392 g/mol. The highest BCUT2D eigenvalue weighted by atomic mass is 35.5. The second-order valence-corrected chi connectivity index (χ2v) is 7.38. The van der Waals surface area contributed by atoms with E-state index < -0.39 is 5.54 Å². The minimum atomic E-state index is -0.815. The minimum absolute atomic E-state index is 0. The Hall–Kier alpha value is -2.05. The number of piperazine rings is 1. The summed E-state index contributed by atoms with van der Waals surface area (Å²) in [7, 11) is 0. The summed E-state index contributed by atoms with van der Waals surface area (Å²) in [5.41, 5.74) is 7.41. The number of H-pyrrole nitrogens is 1. The van der Waals surface area contributed by atoms with Crippen molar-refractivity contribution in [1.82, 2.24) is 14.8 Å². The van der Waals surface area contributed by atoms with Crippen LogP contribution in [0.25, 0.3) is 10.9 Å². The number of aromatic nitrogens is 1. The Kier molecular flexibility index (Phi) is 6.89. The molecule has 0 aliphatic carbocycles. The van der Waals surface area contributed by atoms with Crippen LogP contribution < -0.4 is 5.73 Å². The van der Waals surface area contributed by atoms with Gasteiger partial charge in [-0.25, -0.2) is 0 Å². The molecule has 1 saturated heterocycles. The van der Waals surface area contributed by atoms with Gasteiger partial charge in [0.2, 0.25) is 11.8 Å². The minimum Gasteiger partial charge on any atom is -0.361 e. The van der Waals surface area contributed by atoms with Gasteiger partial charge in [-0.3, -0.25) is 9.59 Å². The lowest BCUT2D eigenvalue weighted by atomic mass is 9.95. The van der Waals surface area contributed by atoms with Gasteiger partial charge in [0.15, 0.2) is 0 Å². The maximum Gasteiger partial charge on any atom is 0.242 e. The highest BCUT2D eigenvalue weighted by Gasteiger charge is 2.34. The van der Waals surface area contributed by atoms with Crippen molar-refractivity contribution < 1.29 is 9.59 Å². The maximum atomic E-state index is 12.7. The normalized spacial score (nSPS) is 16.7. The Labute approximate surface area is 166 Å². The molecule has 1 aromatic heterocycles. The smallest absolute Gasteiger partial charge is 0.242 e. The number of carbonyl (C=O) groups is 2. The van der Waals surface area contributed by atoms with E-state index in [9.17, 15) is 9.59 Å². The van der Waals surface area contributed by atoms with Gasteiger partial charge in [-0.1, -0.05) is 31.5 Å². The molecule has 1 atom stereocenters. The van der Waals surface area contributed by atoms with Crippen molar-refractivity contribution in [3.05, 3.63) is 36.0 Å². The largest absolute Gasteiger partial charge is 0.361 e. The Morgan fingerprint density at radius 2 is 1.78 bits per heavy atom. The molecule has 6 nitrogen and oxygen atoms in total. The van der Waals surface area contributed by atoms with Crippen LogP contribution in [0.3, 0.4) is 0 Å². The van der Waals surface area contributed by atoms with Gasteiger partial charge in [0.05, 0.1) is 12.0 Å². The molecule has 3 rings (SSSR count).